The minimum Gasteiger partial charge on any atom is -0.497 e. The van der Waals surface area contributed by atoms with Crippen LogP contribution in [0.2, 0.25) is 0 Å². The first kappa shape index (κ1) is 21.2. The molecule has 0 saturated carbocycles. The Hall–Kier alpha value is -3.49. The van der Waals surface area contributed by atoms with Crippen LogP contribution in [-0.2, 0) is 12.7 Å². The molecule has 0 saturated heterocycles. The fourth-order valence-corrected chi connectivity index (χ4v) is 3.00. The summed E-state index contributed by atoms with van der Waals surface area (Å²) in [5.74, 6) is 0.802. The fraction of sp³-hybridized carbons (Fsp3) is 0.238. The second-order valence-electron chi connectivity index (χ2n) is 6.46. The topological polar surface area (TPSA) is 65.4 Å². The van der Waals surface area contributed by atoms with Crippen molar-refractivity contribution in [1.29, 1.82) is 0 Å². The fourth-order valence-electron chi connectivity index (χ4n) is 3.00. The molecule has 0 spiro atoms. The lowest BCUT2D eigenvalue weighted by atomic mass is 10.1. The van der Waals surface area contributed by atoms with Gasteiger partial charge in [-0.25, -0.2) is 4.68 Å². The summed E-state index contributed by atoms with van der Waals surface area (Å²) in [4.78, 5) is 12.6. The minimum absolute atomic E-state index is 0.174. The van der Waals surface area contributed by atoms with E-state index in [1.165, 1.54) is 37.2 Å². The van der Waals surface area contributed by atoms with Crippen LogP contribution in [0, 0.1) is 6.92 Å². The second kappa shape index (κ2) is 8.48. The van der Waals surface area contributed by atoms with Gasteiger partial charge < -0.3 is 14.8 Å². The molecule has 30 heavy (non-hydrogen) atoms. The number of benzene rings is 2. The maximum absolute atomic E-state index is 13.0. The van der Waals surface area contributed by atoms with Crippen molar-refractivity contribution in [3.8, 4) is 17.2 Å². The predicted octanol–water partition coefficient (Wildman–Crippen LogP) is 4.15. The SMILES string of the molecule is COc1ccc(OC)c(CNC(=O)c2cnn(-c3cccc(C(F)(F)F)c3)c2C)c1. The van der Waals surface area contributed by atoms with E-state index in [1.807, 2.05) is 0 Å². The summed E-state index contributed by atoms with van der Waals surface area (Å²) in [5.41, 5.74) is 0.827. The molecule has 1 aromatic heterocycles. The Morgan fingerprint density at radius 1 is 1.13 bits per heavy atom. The standard InChI is InChI=1S/C21H20F3N3O3/c1-13-18(12-26-27(13)16-6-4-5-15(10-16)21(22,23)24)20(28)25-11-14-9-17(29-2)7-8-19(14)30-3/h4-10,12H,11H2,1-3H3,(H,25,28). The van der Waals surface area contributed by atoms with Crippen molar-refractivity contribution < 1.29 is 27.4 Å². The van der Waals surface area contributed by atoms with E-state index in [0.717, 1.165) is 12.1 Å². The number of rotatable bonds is 6. The summed E-state index contributed by atoms with van der Waals surface area (Å²) in [6, 6.07) is 10.00. The second-order valence-corrected chi connectivity index (χ2v) is 6.46. The molecule has 0 radical (unpaired) electrons. The summed E-state index contributed by atoms with van der Waals surface area (Å²) >= 11 is 0. The van der Waals surface area contributed by atoms with Gasteiger partial charge in [-0.3, -0.25) is 4.79 Å². The normalized spacial score (nSPS) is 11.3. The predicted molar refractivity (Wildman–Crippen MR) is 104 cm³/mol. The van der Waals surface area contributed by atoms with E-state index < -0.39 is 17.6 Å². The summed E-state index contributed by atoms with van der Waals surface area (Å²) in [6.45, 7) is 1.79. The Kier molecular flexibility index (Phi) is 6.00. The molecule has 0 aliphatic carbocycles. The van der Waals surface area contributed by atoms with Gasteiger partial charge in [0.05, 0.1) is 42.9 Å². The van der Waals surface area contributed by atoms with E-state index in [-0.39, 0.29) is 17.8 Å². The quantitative estimate of drug-likeness (QED) is 0.652. The number of amides is 1. The van der Waals surface area contributed by atoms with E-state index >= 15 is 0 Å². The van der Waals surface area contributed by atoms with Gasteiger partial charge in [0.15, 0.2) is 0 Å². The van der Waals surface area contributed by atoms with Crippen LogP contribution in [0.4, 0.5) is 13.2 Å². The molecule has 0 bridgehead atoms. The minimum atomic E-state index is -4.47. The third kappa shape index (κ3) is 4.40. The summed E-state index contributed by atoms with van der Waals surface area (Å²) in [7, 11) is 3.06. The number of carbonyl (C=O) groups excluding carboxylic acids is 1. The molecular formula is C21H20F3N3O3. The van der Waals surface area contributed by atoms with Gasteiger partial charge in [-0.1, -0.05) is 6.07 Å². The van der Waals surface area contributed by atoms with Crippen LogP contribution < -0.4 is 14.8 Å². The first-order chi connectivity index (χ1) is 14.2. The third-order valence-corrected chi connectivity index (χ3v) is 4.60. The lowest BCUT2D eigenvalue weighted by Gasteiger charge is -2.12. The maximum atomic E-state index is 13.0. The monoisotopic (exact) mass is 419 g/mol. The molecule has 3 rings (SSSR count). The number of aromatic nitrogens is 2. The molecule has 0 fully saturated rings. The van der Waals surface area contributed by atoms with Gasteiger partial charge in [-0.2, -0.15) is 18.3 Å². The number of halogens is 3. The molecule has 9 heteroatoms. The van der Waals surface area contributed by atoms with Gasteiger partial charge in [-0.15, -0.1) is 0 Å². The van der Waals surface area contributed by atoms with Crippen LogP contribution in [0.25, 0.3) is 5.69 Å². The van der Waals surface area contributed by atoms with Crippen LogP contribution >= 0.6 is 0 Å². The number of hydrogen-bond acceptors (Lipinski definition) is 4. The zero-order valence-corrected chi connectivity index (χ0v) is 16.6. The van der Waals surface area contributed by atoms with Gasteiger partial charge in [0.1, 0.15) is 11.5 Å². The molecule has 158 valence electrons. The average molecular weight is 419 g/mol. The zero-order chi connectivity index (χ0) is 21.9. The number of carbonyl (C=O) groups is 1. The number of alkyl halides is 3. The number of ether oxygens (including phenoxy) is 2. The van der Waals surface area contributed by atoms with Gasteiger partial charge in [0.2, 0.25) is 0 Å². The van der Waals surface area contributed by atoms with Crippen LogP contribution in [0.1, 0.15) is 27.2 Å². The molecule has 1 amide bonds. The van der Waals surface area contributed by atoms with Crippen molar-refractivity contribution in [2.45, 2.75) is 19.6 Å². The number of hydrogen-bond donors (Lipinski definition) is 1. The van der Waals surface area contributed by atoms with Crippen molar-refractivity contribution >= 4 is 5.91 Å². The number of methoxy groups -OCH3 is 2. The number of nitrogens with zero attached hydrogens (tertiary/aromatic N) is 2. The van der Waals surface area contributed by atoms with Crippen molar-refractivity contribution in [3.63, 3.8) is 0 Å². The highest BCUT2D eigenvalue weighted by atomic mass is 19.4. The van der Waals surface area contributed by atoms with E-state index in [1.54, 1.807) is 25.1 Å². The van der Waals surface area contributed by atoms with E-state index in [0.29, 0.717) is 22.8 Å². The van der Waals surface area contributed by atoms with Crippen molar-refractivity contribution in [1.82, 2.24) is 15.1 Å². The molecule has 0 aliphatic rings. The van der Waals surface area contributed by atoms with Crippen molar-refractivity contribution in [3.05, 3.63) is 71.0 Å². The van der Waals surface area contributed by atoms with Gasteiger partial charge in [0, 0.05) is 12.1 Å². The summed E-state index contributed by atoms with van der Waals surface area (Å²) in [6.07, 6.45) is -3.14. The van der Waals surface area contributed by atoms with E-state index in [2.05, 4.69) is 10.4 Å². The van der Waals surface area contributed by atoms with Gasteiger partial charge in [0.25, 0.3) is 5.91 Å². The molecule has 1 N–H and O–H groups in total. The Bertz CT molecular complexity index is 1060. The Morgan fingerprint density at radius 3 is 2.57 bits per heavy atom. The highest BCUT2D eigenvalue weighted by molar-refractivity contribution is 5.95. The van der Waals surface area contributed by atoms with Gasteiger partial charge >= 0.3 is 6.18 Å². The molecule has 2 aromatic carbocycles. The largest absolute Gasteiger partial charge is 0.497 e. The number of nitrogens with one attached hydrogen (secondary N) is 1. The van der Waals surface area contributed by atoms with E-state index in [4.69, 9.17) is 9.47 Å². The maximum Gasteiger partial charge on any atom is 0.416 e. The van der Waals surface area contributed by atoms with Crippen LogP contribution in [0.5, 0.6) is 11.5 Å². The van der Waals surface area contributed by atoms with Crippen LogP contribution in [0.15, 0.2) is 48.7 Å². The first-order valence-corrected chi connectivity index (χ1v) is 8.96. The van der Waals surface area contributed by atoms with Crippen molar-refractivity contribution in [2.75, 3.05) is 14.2 Å². The molecular weight excluding hydrogens is 399 g/mol. The molecule has 0 atom stereocenters. The van der Waals surface area contributed by atoms with E-state index in [9.17, 15) is 18.0 Å². The lowest BCUT2D eigenvalue weighted by molar-refractivity contribution is -0.137. The summed E-state index contributed by atoms with van der Waals surface area (Å²) < 4.78 is 50.7. The van der Waals surface area contributed by atoms with Crippen LogP contribution in [0.3, 0.4) is 0 Å². The van der Waals surface area contributed by atoms with Crippen LogP contribution in [-0.4, -0.2) is 29.9 Å². The molecule has 0 aliphatic heterocycles. The highest BCUT2D eigenvalue weighted by Gasteiger charge is 2.30. The Labute approximate surface area is 171 Å². The zero-order valence-electron chi connectivity index (χ0n) is 16.6. The molecule has 1 heterocycles. The smallest absolute Gasteiger partial charge is 0.416 e. The van der Waals surface area contributed by atoms with Crippen molar-refractivity contribution in [2.24, 2.45) is 0 Å². The molecule has 6 nitrogen and oxygen atoms in total. The lowest BCUT2D eigenvalue weighted by Crippen LogP contribution is -2.23. The summed E-state index contributed by atoms with van der Waals surface area (Å²) in [5, 5.41) is 6.86. The average Bonchev–Trinajstić information content (AvgIpc) is 3.12. The highest BCUT2D eigenvalue weighted by Crippen LogP contribution is 2.30. The molecule has 0 unspecified atom stereocenters. The Morgan fingerprint density at radius 2 is 1.90 bits per heavy atom. The first-order valence-electron chi connectivity index (χ1n) is 8.96. The van der Waals surface area contributed by atoms with Gasteiger partial charge in [-0.05, 0) is 43.3 Å². The molecule has 3 aromatic rings. The third-order valence-electron chi connectivity index (χ3n) is 4.60. The Balaban J connectivity index is 1.80.